The van der Waals surface area contributed by atoms with Crippen LogP contribution in [0.1, 0.15) is 39.7 Å². The number of amides is 2. The molecule has 0 aromatic heterocycles. The first kappa shape index (κ1) is 18.3. The number of rotatable bonds is 2. The third kappa shape index (κ3) is 3.12. The Kier molecular flexibility index (Phi) is 4.41. The van der Waals surface area contributed by atoms with Crippen molar-refractivity contribution in [2.24, 2.45) is 5.41 Å². The lowest BCUT2D eigenvalue weighted by atomic mass is 9.72. The van der Waals surface area contributed by atoms with Crippen LogP contribution in [0, 0.1) is 5.41 Å². The van der Waals surface area contributed by atoms with Gasteiger partial charge in [-0.05, 0) is 36.1 Å². The molecule has 1 unspecified atom stereocenters. The third-order valence-electron chi connectivity index (χ3n) is 4.50. The van der Waals surface area contributed by atoms with E-state index in [1.807, 2.05) is 20.8 Å². The normalized spacial score (nSPS) is 22.0. The number of halogens is 3. The molecule has 24 heavy (non-hydrogen) atoms. The summed E-state index contributed by atoms with van der Waals surface area (Å²) in [6.07, 6.45) is -4.02. The van der Waals surface area contributed by atoms with Gasteiger partial charge in [-0.3, -0.25) is 9.59 Å². The van der Waals surface area contributed by atoms with Gasteiger partial charge in [-0.25, -0.2) is 0 Å². The molecule has 7 heteroatoms. The van der Waals surface area contributed by atoms with Crippen molar-refractivity contribution in [1.29, 1.82) is 0 Å². The van der Waals surface area contributed by atoms with E-state index in [2.05, 4.69) is 5.32 Å². The summed E-state index contributed by atoms with van der Waals surface area (Å²) in [5.74, 6) is -0.613. The average molecular weight is 342 g/mol. The van der Waals surface area contributed by atoms with Gasteiger partial charge in [0, 0.05) is 19.2 Å². The lowest BCUT2D eigenvalue weighted by Gasteiger charge is -2.40. The van der Waals surface area contributed by atoms with Crippen LogP contribution in [0.2, 0.25) is 0 Å². The summed E-state index contributed by atoms with van der Waals surface area (Å²) < 4.78 is 38.0. The molecule has 1 heterocycles. The summed E-state index contributed by atoms with van der Waals surface area (Å²) in [6.45, 7) is 7.26. The molecule has 4 nitrogen and oxygen atoms in total. The second-order valence-corrected chi connectivity index (χ2v) is 7.09. The second kappa shape index (κ2) is 5.79. The molecule has 1 aromatic rings. The highest BCUT2D eigenvalue weighted by molar-refractivity contribution is 6.05. The Bertz CT molecular complexity index is 647. The van der Waals surface area contributed by atoms with Crippen molar-refractivity contribution in [2.75, 3.05) is 11.4 Å². The van der Waals surface area contributed by atoms with Crippen molar-refractivity contribution >= 4 is 17.5 Å². The Morgan fingerprint density at radius 1 is 1.17 bits per heavy atom. The monoisotopic (exact) mass is 342 g/mol. The third-order valence-corrected chi connectivity index (χ3v) is 4.50. The van der Waals surface area contributed by atoms with Crippen LogP contribution in [0.15, 0.2) is 24.3 Å². The molecule has 0 aliphatic carbocycles. The van der Waals surface area contributed by atoms with E-state index >= 15 is 0 Å². The van der Waals surface area contributed by atoms with E-state index in [1.54, 1.807) is 0 Å². The number of anilines is 1. The average Bonchev–Trinajstić information content (AvgIpc) is 2.75. The summed E-state index contributed by atoms with van der Waals surface area (Å²) in [7, 11) is 0. The molecule has 1 atom stereocenters. The quantitative estimate of drug-likeness (QED) is 0.896. The molecular formula is C17H21F3N2O2. The van der Waals surface area contributed by atoms with Gasteiger partial charge in [0.25, 0.3) is 5.91 Å². The van der Waals surface area contributed by atoms with Crippen LogP contribution < -0.4 is 10.2 Å². The van der Waals surface area contributed by atoms with Crippen LogP contribution in [0.3, 0.4) is 0 Å². The van der Waals surface area contributed by atoms with E-state index in [-0.39, 0.29) is 11.8 Å². The lowest BCUT2D eigenvalue weighted by molar-refractivity contribution is -0.137. The molecule has 0 spiro atoms. The van der Waals surface area contributed by atoms with E-state index in [0.717, 1.165) is 12.1 Å². The van der Waals surface area contributed by atoms with Gasteiger partial charge in [-0.15, -0.1) is 0 Å². The van der Waals surface area contributed by atoms with E-state index in [1.165, 1.54) is 24.0 Å². The number of alkyl halides is 3. The maximum Gasteiger partial charge on any atom is 0.416 e. The van der Waals surface area contributed by atoms with Crippen LogP contribution in [0.4, 0.5) is 18.9 Å². The first-order valence-electron chi connectivity index (χ1n) is 7.66. The molecule has 1 aliphatic heterocycles. The number of hydrogen-bond acceptors (Lipinski definition) is 2. The minimum Gasteiger partial charge on any atom is -0.341 e. The minimum atomic E-state index is -4.42. The van der Waals surface area contributed by atoms with E-state index in [4.69, 9.17) is 0 Å². The molecular weight excluding hydrogens is 321 g/mol. The molecule has 132 valence electrons. The molecule has 1 aromatic carbocycles. The number of nitrogens with one attached hydrogen (secondary N) is 1. The van der Waals surface area contributed by atoms with Crippen molar-refractivity contribution in [3.8, 4) is 0 Å². The first-order valence-corrected chi connectivity index (χ1v) is 7.66. The Labute approximate surface area is 139 Å². The van der Waals surface area contributed by atoms with Crippen LogP contribution in [-0.4, -0.2) is 23.9 Å². The summed E-state index contributed by atoms with van der Waals surface area (Å²) in [6, 6.07) is 4.48. The highest BCUT2D eigenvalue weighted by Gasteiger charge is 2.55. The van der Waals surface area contributed by atoms with Crippen LogP contribution in [0.5, 0.6) is 0 Å². The molecule has 2 amide bonds. The molecule has 1 saturated heterocycles. The highest BCUT2D eigenvalue weighted by atomic mass is 19.4. The van der Waals surface area contributed by atoms with Gasteiger partial charge in [0.2, 0.25) is 5.91 Å². The van der Waals surface area contributed by atoms with Crippen molar-refractivity contribution in [3.05, 3.63) is 29.8 Å². The van der Waals surface area contributed by atoms with Gasteiger partial charge in [-0.2, -0.15) is 13.2 Å². The van der Waals surface area contributed by atoms with Gasteiger partial charge in [-0.1, -0.05) is 20.8 Å². The fraction of sp³-hybridized carbons (Fsp3) is 0.529. The van der Waals surface area contributed by atoms with Crippen LogP contribution in [0.25, 0.3) is 0 Å². The predicted octanol–water partition coefficient (Wildman–Crippen LogP) is 3.36. The van der Waals surface area contributed by atoms with Gasteiger partial charge < -0.3 is 10.2 Å². The Balaban J connectivity index is 2.35. The number of nitrogens with zero attached hydrogens (tertiary/aromatic N) is 1. The minimum absolute atomic E-state index is 0.301. The van der Waals surface area contributed by atoms with Crippen LogP contribution in [-0.2, 0) is 15.8 Å². The zero-order valence-electron chi connectivity index (χ0n) is 14.1. The maximum atomic E-state index is 13.0. The standard InChI is InChI=1S/C17H21F3N2O2/c1-11(23)21-16(15(2,3)4)9-10-22(14(16)24)13-7-5-12(6-8-13)17(18,19)20/h5-8H,9-10H2,1-4H3,(H,21,23). The zero-order chi connectivity index (χ0) is 18.3. The summed E-state index contributed by atoms with van der Waals surface area (Å²) in [5, 5.41) is 2.77. The van der Waals surface area contributed by atoms with Gasteiger partial charge in [0.1, 0.15) is 5.54 Å². The van der Waals surface area contributed by atoms with Gasteiger partial charge in [0.15, 0.2) is 0 Å². The Morgan fingerprint density at radius 3 is 2.12 bits per heavy atom. The Morgan fingerprint density at radius 2 is 1.71 bits per heavy atom. The molecule has 1 aliphatic rings. The predicted molar refractivity (Wildman–Crippen MR) is 84.4 cm³/mol. The Hall–Kier alpha value is -2.05. The van der Waals surface area contributed by atoms with Gasteiger partial charge >= 0.3 is 6.18 Å². The lowest BCUT2D eigenvalue weighted by Crippen LogP contribution is -2.61. The summed E-state index contributed by atoms with van der Waals surface area (Å²) in [4.78, 5) is 26.0. The molecule has 1 fully saturated rings. The van der Waals surface area contributed by atoms with Crippen molar-refractivity contribution in [2.45, 2.75) is 45.8 Å². The molecule has 1 N–H and O–H groups in total. The summed E-state index contributed by atoms with van der Waals surface area (Å²) in [5.41, 5.74) is -1.97. The topological polar surface area (TPSA) is 49.4 Å². The molecule has 2 rings (SSSR count). The van der Waals surface area contributed by atoms with Crippen LogP contribution >= 0.6 is 0 Å². The zero-order valence-corrected chi connectivity index (χ0v) is 14.1. The van der Waals surface area contributed by atoms with E-state index < -0.39 is 22.7 Å². The summed E-state index contributed by atoms with van der Waals surface area (Å²) >= 11 is 0. The largest absolute Gasteiger partial charge is 0.416 e. The van der Waals surface area contributed by atoms with Crippen molar-refractivity contribution < 1.29 is 22.8 Å². The molecule has 0 saturated carbocycles. The fourth-order valence-electron chi connectivity index (χ4n) is 3.09. The SMILES string of the molecule is CC(=O)NC1(C(C)(C)C)CCN(c2ccc(C(F)(F)F)cc2)C1=O. The maximum absolute atomic E-state index is 13.0. The number of hydrogen-bond donors (Lipinski definition) is 1. The number of benzene rings is 1. The van der Waals surface area contributed by atoms with Crippen molar-refractivity contribution in [3.63, 3.8) is 0 Å². The number of carbonyl (C=O) groups excluding carboxylic acids is 2. The van der Waals surface area contributed by atoms with E-state index in [0.29, 0.717) is 18.7 Å². The van der Waals surface area contributed by atoms with Crippen molar-refractivity contribution in [1.82, 2.24) is 5.32 Å². The first-order chi connectivity index (χ1) is 10.9. The highest BCUT2D eigenvalue weighted by Crippen LogP contribution is 2.41. The smallest absolute Gasteiger partial charge is 0.341 e. The second-order valence-electron chi connectivity index (χ2n) is 7.09. The van der Waals surface area contributed by atoms with Gasteiger partial charge in [0.05, 0.1) is 5.56 Å². The van der Waals surface area contributed by atoms with E-state index in [9.17, 15) is 22.8 Å². The number of carbonyl (C=O) groups is 2. The molecule has 0 radical (unpaired) electrons. The molecule has 0 bridgehead atoms. The fourth-order valence-corrected chi connectivity index (χ4v) is 3.09.